The van der Waals surface area contributed by atoms with Crippen LogP contribution in [0.3, 0.4) is 0 Å². The summed E-state index contributed by atoms with van der Waals surface area (Å²) in [5.74, 6) is 1.37. The fourth-order valence-corrected chi connectivity index (χ4v) is 8.85. The summed E-state index contributed by atoms with van der Waals surface area (Å²) in [6, 6.07) is 25.2. The van der Waals surface area contributed by atoms with Crippen molar-refractivity contribution < 1.29 is 9.47 Å². The van der Waals surface area contributed by atoms with Crippen LogP contribution in [0.5, 0.6) is 11.5 Å². The molecule has 0 fully saturated rings. The number of rotatable bonds is 6. The van der Waals surface area contributed by atoms with Gasteiger partial charge in [-0.1, -0.05) is 83.1 Å². The number of hydrogen-bond acceptors (Lipinski definition) is 5. The summed E-state index contributed by atoms with van der Waals surface area (Å²) < 4.78 is 15.8. The van der Waals surface area contributed by atoms with Crippen molar-refractivity contribution >= 4 is 78.2 Å². The van der Waals surface area contributed by atoms with Crippen molar-refractivity contribution in [1.29, 1.82) is 0 Å². The van der Waals surface area contributed by atoms with Crippen molar-refractivity contribution in [1.82, 2.24) is 4.57 Å². The van der Waals surface area contributed by atoms with E-state index in [0.29, 0.717) is 25.1 Å². The van der Waals surface area contributed by atoms with Crippen LogP contribution in [0.15, 0.2) is 103 Å². The Labute approximate surface area is 290 Å². The minimum atomic E-state index is -0.322. The second kappa shape index (κ2) is 12.6. The Bertz CT molecular complexity index is 2190. The summed E-state index contributed by atoms with van der Waals surface area (Å²) >= 11 is 21.1. The third kappa shape index (κ3) is 5.72. The maximum absolute atomic E-state index is 14.2. The fraction of sp³-hybridized carbons (Fsp3) is 0.143. The molecule has 5 nitrogen and oxygen atoms in total. The van der Waals surface area contributed by atoms with Crippen molar-refractivity contribution in [3.63, 3.8) is 0 Å². The number of para-hydroxylation sites is 1. The molecule has 0 radical (unpaired) electrons. The maximum atomic E-state index is 14.2. The zero-order valence-corrected chi connectivity index (χ0v) is 29.3. The summed E-state index contributed by atoms with van der Waals surface area (Å²) in [6.07, 6.45) is 3.60. The summed E-state index contributed by atoms with van der Waals surface area (Å²) in [5.41, 5.74) is 6.98. The normalized spacial score (nSPS) is 15.7. The average molecular weight is 783 g/mol. The summed E-state index contributed by atoms with van der Waals surface area (Å²) in [4.78, 5) is 20.0. The standard InChI is InChI=1S/C35H24Br2Cl2N2O3S/c1-43-29-9-5-4-8-24(29)32-25-13-11-20-6-2-3-7-23(20)31(25)40-35-41(32)34(42)30(45-35)16-19-14-26(36)33(27(37)15-19)44-18-21-10-12-22(38)17-28(21)39/h2-10,12,14-17,32H,11,13,18H2,1H3/b30-16-/t32-/m1/s1. The van der Waals surface area contributed by atoms with Gasteiger partial charge >= 0.3 is 0 Å². The third-order valence-corrected chi connectivity index (χ3v) is 10.8. The van der Waals surface area contributed by atoms with Crippen LogP contribution in [0.25, 0.3) is 11.8 Å². The van der Waals surface area contributed by atoms with Crippen LogP contribution in [0.2, 0.25) is 10.0 Å². The highest BCUT2D eigenvalue weighted by molar-refractivity contribution is 9.11. The smallest absolute Gasteiger partial charge is 0.271 e. The Balaban J connectivity index is 1.32. The van der Waals surface area contributed by atoms with E-state index >= 15 is 0 Å². The number of halogens is 4. The molecular formula is C35H24Br2Cl2N2O3S. The molecule has 226 valence electrons. The number of ether oxygens (including phenoxy) is 2. The first-order valence-corrected chi connectivity index (χ1v) is 17.3. The molecule has 2 aliphatic rings. The molecule has 4 aromatic carbocycles. The molecule has 1 aliphatic heterocycles. The molecule has 1 aliphatic carbocycles. The van der Waals surface area contributed by atoms with Gasteiger partial charge in [0.1, 0.15) is 18.1 Å². The van der Waals surface area contributed by atoms with Crippen molar-refractivity contribution in [2.24, 2.45) is 4.99 Å². The number of aromatic nitrogens is 1. The summed E-state index contributed by atoms with van der Waals surface area (Å²) in [5, 5.41) is 1.11. The Morgan fingerprint density at radius 1 is 1.00 bits per heavy atom. The predicted molar refractivity (Wildman–Crippen MR) is 188 cm³/mol. The number of methoxy groups -OCH3 is 1. The van der Waals surface area contributed by atoms with Crippen LogP contribution >= 0.6 is 66.4 Å². The molecule has 10 heteroatoms. The van der Waals surface area contributed by atoms with Gasteiger partial charge < -0.3 is 9.47 Å². The average Bonchev–Trinajstić information content (AvgIpc) is 3.34. The van der Waals surface area contributed by atoms with Crippen LogP contribution in [-0.2, 0) is 13.0 Å². The molecule has 2 heterocycles. The van der Waals surface area contributed by atoms with E-state index in [1.165, 1.54) is 16.9 Å². The van der Waals surface area contributed by atoms with Crippen molar-refractivity contribution in [2.75, 3.05) is 7.11 Å². The van der Waals surface area contributed by atoms with E-state index in [9.17, 15) is 4.79 Å². The van der Waals surface area contributed by atoms with Gasteiger partial charge in [-0.2, -0.15) is 0 Å². The molecule has 7 rings (SSSR count). The summed E-state index contributed by atoms with van der Waals surface area (Å²) in [6.45, 7) is 0.266. The molecule has 1 atom stereocenters. The van der Waals surface area contributed by atoms with E-state index in [2.05, 4.69) is 50.1 Å². The molecule has 0 saturated heterocycles. The highest BCUT2D eigenvalue weighted by atomic mass is 79.9. The van der Waals surface area contributed by atoms with Crippen molar-refractivity contribution in [3.05, 3.63) is 151 Å². The third-order valence-electron chi connectivity index (χ3n) is 8.01. The first-order chi connectivity index (χ1) is 21.8. The van der Waals surface area contributed by atoms with Gasteiger partial charge in [0.05, 0.1) is 32.3 Å². The van der Waals surface area contributed by atoms with Crippen LogP contribution < -0.4 is 24.4 Å². The van der Waals surface area contributed by atoms with E-state index in [1.54, 1.807) is 19.2 Å². The lowest BCUT2D eigenvalue weighted by atomic mass is 9.83. The Kier molecular flexibility index (Phi) is 8.52. The van der Waals surface area contributed by atoms with Gasteiger partial charge in [-0.25, -0.2) is 4.99 Å². The molecule has 0 amide bonds. The Hall–Kier alpha value is -3.14. The molecule has 0 N–H and O–H groups in total. The predicted octanol–water partition coefficient (Wildman–Crippen LogP) is 8.74. The van der Waals surface area contributed by atoms with Crippen LogP contribution in [0.4, 0.5) is 0 Å². The van der Waals surface area contributed by atoms with Gasteiger partial charge in [-0.3, -0.25) is 9.36 Å². The van der Waals surface area contributed by atoms with Crippen molar-refractivity contribution in [2.45, 2.75) is 25.5 Å². The second-order valence-electron chi connectivity index (χ2n) is 10.7. The molecule has 0 saturated carbocycles. The van der Waals surface area contributed by atoms with Gasteiger partial charge in [0.2, 0.25) is 0 Å². The lowest BCUT2D eigenvalue weighted by Gasteiger charge is -2.31. The minimum absolute atomic E-state index is 0.0926. The van der Waals surface area contributed by atoms with Gasteiger partial charge in [0, 0.05) is 26.7 Å². The number of nitrogens with zero attached hydrogens (tertiary/aromatic N) is 2. The molecule has 0 bridgehead atoms. The number of benzene rings is 4. The van der Waals surface area contributed by atoms with Gasteiger partial charge in [0.15, 0.2) is 4.80 Å². The topological polar surface area (TPSA) is 52.8 Å². The number of thiazole rings is 1. The van der Waals surface area contributed by atoms with E-state index < -0.39 is 0 Å². The maximum Gasteiger partial charge on any atom is 0.271 e. The molecular weight excluding hydrogens is 759 g/mol. The second-order valence-corrected chi connectivity index (χ2v) is 14.3. The lowest BCUT2D eigenvalue weighted by Crippen LogP contribution is -2.39. The largest absolute Gasteiger partial charge is 0.496 e. The highest BCUT2D eigenvalue weighted by Crippen LogP contribution is 2.43. The van der Waals surface area contributed by atoms with Crippen LogP contribution in [0.1, 0.15) is 40.3 Å². The lowest BCUT2D eigenvalue weighted by molar-refractivity contribution is 0.302. The first kappa shape index (κ1) is 30.5. The SMILES string of the molecule is COc1ccccc1[C@@H]1C2=C(N=c3s/c(=C\c4cc(Br)c(OCc5ccc(Cl)cc5Cl)c(Br)c4)c(=O)n31)c1ccccc1CC2. The van der Waals surface area contributed by atoms with Crippen LogP contribution in [-0.4, -0.2) is 11.7 Å². The van der Waals surface area contributed by atoms with E-state index in [1.807, 2.05) is 59.2 Å². The first-order valence-electron chi connectivity index (χ1n) is 14.1. The van der Waals surface area contributed by atoms with E-state index in [-0.39, 0.29) is 18.2 Å². The molecule has 0 spiro atoms. The molecule has 45 heavy (non-hydrogen) atoms. The Morgan fingerprint density at radius 3 is 2.53 bits per heavy atom. The Morgan fingerprint density at radius 2 is 1.76 bits per heavy atom. The number of allylic oxidation sites excluding steroid dienone is 1. The summed E-state index contributed by atoms with van der Waals surface area (Å²) in [7, 11) is 1.67. The van der Waals surface area contributed by atoms with E-state index in [4.69, 9.17) is 37.7 Å². The quantitative estimate of drug-likeness (QED) is 0.173. The van der Waals surface area contributed by atoms with Crippen molar-refractivity contribution in [3.8, 4) is 11.5 Å². The van der Waals surface area contributed by atoms with Gasteiger partial charge in [-0.05, 0) is 97.8 Å². The number of hydrogen-bond donors (Lipinski definition) is 0. The monoisotopic (exact) mass is 780 g/mol. The van der Waals surface area contributed by atoms with E-state index in [0.717, 1.165) is 61.1 Å². The number of fused-ring (bicyclic) bond motifs is 3. The molecule has 1 aromatic heterocycles. The van der Waals surface area contributed by atoms with Gasteiger partial charge in [0.25, 0.3) is 5.56 Å². The van der Waals surface area contributed by atoms with Gasteiger partial charge in [-0.15, -0.1) is 0 Å². The zero-order chi connectivity index (χ0) is 31.2. The highest BCUT2D eigenvalue weighted by Gasteiger charge is 2.34. The minimum Gasteiger partial charge on any atom is -0.496 e. The fourth-order valence-electron chi connectivity index (χ4n) is 5.93. The molecule has 5 aromatic rings. The molecule has 0 unspecified atom stereocenters. The zero-order valence-electron chi connectivity index (χ0n) is 23.8. The van der Waals surface area contributed by atoms with Crippen LogP contribution in [0, 0.1) is 0 Å². The number of aryl methyl sites for hydroxylation is 1.